The van der Waals surface area contributed by atoms with Crippen LogP contribution in [0.1, 0.15) is 12.7 Å². The average Bonchev–Trinajstić information content (AvgIpc) is 3.07. The lowest BCUT2D eigenvalue weighted by Crippen LogP contribution is -2.31. The normalized spacial score (nSPS) is 12.8. The molecule has 7 heteroatoms. The van der Waals surface area contributed by atoms with Gasteiger partial charge < -0.3 is 14.9 Å². The second kappa shape index (κ2) is 5.56. The molecule has 1 unspecified atom stereocenters. The molecule has 0 amide bonds. The molecule has 0 aliphatic carbocycles. The lowest BCUT2D eigenvalue weighted by atomic mass is 10.3. The highest BCUT2D eigenvalue weighted by molar-refractivity contribution is 7.17. The summed E-state index contributed by atoms with van der Waals surface area (Å²) in [7, 11) is 0. The van der Waals surface area contributed by atoms with Crippen molar-refractivity contribution in [3.05, 3.63) is 46.3 Å². The number of rotatable bonds is 5. The number of aromatic nitrogens is 4. The second-order valence-electron chi connectivity index (χ2n) is 4.69. The lowest BCUT2D eigenvalue weighted by molar-refractivity contribution is 0.469. The molecule has 6 nitrogen and oxygen atoms in total. The first-order chi connectivity index (χ1) is 9.72. The van der Waals surface area contributed by atoms with Gasteiger partial charge in [0.2, 0.25) is 0 Å². The van der Waals surface area contributed by atoms with Gasteiger partial charge >= 0.3 is 0 Å². The van der Waals surface area contributed by atoms with Crippen molar-refractivity contribution >= 4 is 21.6 Å². The van der Waals surface area contributed by atoms with E-state index in [1.54, 1.807) is 12.5 Å². The number of hydrogen-bond acceptors (Lipinski definition) is 5. The summed E-state index contributed by atoms with van der Waals surface area (Å²) in [5, 5.41) is 5.22. The highest BCUT2D eigenvalue weighted by Gasteiger charge is 2.07. The standard InChI is InChI=1S/C13H15N5OS/c1-9(7-18-4-3-14-8-18)15-6-11-16-10-2-5-20-12(10)13(19)17-11/h2-5,8-9,15H,6-7H2,1H3,(H,16,17,19). The zero-order chi connectivity index (χ0) is 13.9. The molecule has 3 rings (SSSR count). The summed E-state index contributed by atoms with van der Waals surface area (Å²) in [6, 6.07) is 2.13. The van der Waals surface area contributed by atoms with Gasteiger partial charge in [-0.25, -0.2) is 9.97 Å². The third-order valence-corrected chi connectivity index (χ3v) is 3.93. The van der Waals surface area contributed by atoms with E-state index in [1.807, 2.05) is 22.2 Å². The van der Waals surface area contributed by atoms with Crippen LogP contribution in [0.3, 0.4) is 0 Å². The predicted molar refractivity (Wildman–Crippen MR) is 78.8 cm³/mol. The van der Waals surface area contributed by atoms with E-state index in [0.717, 1.165) is 12.1 Å². The minimum atomic E-state index is -0.0657. The van der Waals surface area contributed by atoms with Crippen molar-refractivity contribution < 1.29 is 0 Å². The van der Waals surface area contributed by atoms with Gasteiger partial charge in [0.25, 0.3) is 5.56 Å². The van der Waals surface area contributed by atoms with Crippen molar-refractivity contribution in [3.63, 3.8) is 0 Å². The maximum atomic E-state index is 11.8. The van der Waals surface area contributed by atoms with Gasteiger partial charge in [-0.05, 0) is 18.4 Å². The van der Waals surface area contributed by atoms with Crippen LogP contribution in [0.25, 0.3) is 10.2 Å². The quantitative estimate of drug-likeness (QED) is 0.743. The fourth-order valence-electron chi connectivity index (χ4n) is 2.05. The number of aromatic amines is 1. The van der Waals surface area contributed by atoms with Gasteiger partial charge in [-0.2, -0.15) is 0 Å². The SMILES string of the molecule is CC(Cn1ccnc1)NCc1nc2ccsc2c(=O)[nH]1. The largest absolute Gasteiger partial charge is 0.336 e. The molecule has 0 saturated carbocycles. The Morgan fingerprint density at radius 1 is 1.55 bits per heavy atom. The number of nitrogens with one attached hydrogen (secondary N) is 2. The average molecular weight is 289 g/mol. The van der Waals surface area contributed by atoms with Crippen LogP contribution in [-0.4, -0.2) is 25.6 Å². The number of hydrogen-bond donors (Lipinski definition) is 2. The summed E-state index contributed by atoms with van der Waals surface area (Å²) in [5.74, 6) is 0.665. The molecule has 20 heavy (non-hydrogen) atoms. The first-order valence-corrected chi connectivity index (χ1v) is 7.26. The molecular formula is C13H15N5OS. The fraction of sp³-hybridized carbons (Fsp3) is 0.308. The van der Waals surface area contributed by atoms with E-state index >= 15 is 0 Å². The van der Waals surface area contributed by atoms with Crippen LogP contribution in [0.2, 0.25) is 0 Å². The highest BCUT2D eigenvalue weighted by Crippen LogP contribution is 2.13. The molecule has 3 aromatic rings. The van der Waals surface area contributed by atoms with E-state index in [0.29, 0.717) is 17.1 Å². The third-order valence-electron chi connectivity index (χ3n) is 3.03. The Labute approximate surface area is 119 Å². The Morgan fingerprint density at radius 3 is 3.25 bits per heavy atom. The zero-order valence-corrected chi connectivity index (χ0v) is 11.9. The van der Waals surface area contributed by atoms with Crippen LogP contribution >= 0.6 is 11.3 Å². The van der Waals surface area contributed by atoms with Crippen LogP contribution in [0.4, 0.5) is 0 Å². The maximum Gasteiger partial charge on any atom is 0.268 e. The van der Waals surface area contributed by atoms with Crippen molar-refractivity contribution in [3.8, 4) is 0 Å². The Morgan fingerprint density at radius 2 is 2.45 bits per heavy atom. The summed E-state index contributed by atoms with van der Waals surface area (Å²) in [6.45, 7) is 3.45. The molecule has 0 aromatic carbocycles. The molecule has 0 radical (unpaired) electrons. The van der Waals surface area contributed by atoms with Crippen molar-refractivity contribution in [1.29, 1.82) is 0 Å². The smallest absolute Gasteiger partial charge is 0.268 e. The first kappa shape index (κ1) is 13.0. The van der Waals surface area contributed by atoms with E-state index < -0.39 is 0 Å². The molecule has 0 fully saturated rings. The summed E-state index contributed by atoms with van der Waals surface area (Å²) in [5.41, 5.74) is 0.696. The molecule has 3 aromatic heterocycles. The third kappa shape index (κ3) is 2.78. The van der Waals surface area contributed by atoms with Crippen LogP contribution < -0.4 is 10.9 Å². The Balaban J connectivity index is 1.66. The minimum absolute atomic E-state index is 0.0657. The molecular weight excluding hydrogens is 274 g/mol. The first-order valence-electron chi connectivity index (χ1n) is 6.38. The van der Waals surface area contributed by atoms with E-state index in [1.165, 1.54) is 11.3 Å². The van der Waals surface area contributed by atoms with E-state index in [2.05, 4.69) is 27.2 Å². The Bertz CT molecular complexity index is 746. The highest BCUT2D eigenvalue weighted by atomic mass is 32.1. The molecule has 104 valence electrons. The summed E-state index contributed by atoms with van der Waals surface area (Å²) < 4.78 is 2.69. The Hall–Kier alpha value is -1.99. The van der Waals surface area contributed by atoms with Crippen LogP contribution in [-0.2, 0) is 13.1 Å². The number of fused-ring (bicyclic) bond motifs is 1. The van der Waals surface area contributed by atoms with Gasteiger partial charge in [-0.15, -0.1) is 11.3 Å². The minimum Gasteiger partial charge on any atom is -0.336 e. The van der Waals surface area contributed by atoms with Crippen molar-refractivity contribution in [2.24, 2.45) is 0 Å². The monoisotopic (exact) mass is 289 g/mol. The van der Waals surface area contributed by atoms with Gasteiger partial charge in [-0.3, -0.25) is 4.79 Å². The summed E-state index contributed by atoms with van der Waals surface area (Å²) in [6.07, 6.45) is 5.47. The zero-order valence-electron chi connectivity index (χ0n) is 11.0. The molecule has 3 heterocycles. The lowest BCUT2D eigenvalue weighted by Gasteiger charge is -2.13. The maximum absolute atomic E-state index is 11.8. The van der Waals surface area contributed by atoms with E-state index in [-0.39, 0.29) is 11.6 Å². The van der Waals surface area contributed by atoms with Gasteiger partial charge in [0, 0.05) is 25.0 Å². The number of imidazole rings is 1. The van der Waals surface area contributed by atoms with Gasteiger partial charge in [0.1, 0.15) is 10.5 Å². The van der Waals surface area contributed by atoms with Crippen molar-refractivity contribution in [2.45, 2.75) is 26.1 Å². The van der Waals surface area contributed by atoms with Gasteiger partial charge in [0.15, 0.2) is 0 Å². The topological polar surface area (TPSA) is 75.6 Å². The van der Waals surface area contributed by atoms with Crippen LogP contribution in [0.15, 0.2) is 35.0 Å². The number of H-pyrrole nitrogens is 1. The van der Waals surface area contributed by atoms with Gasteiger partial charge in [0.05, 0.1) is 18.4 Å². The van der Waals surface area contributed by atoms with E-state index in [4.69, 9.17) is 0 Å². The summed E-state index contributed by atoms with van der Waals surface area (Å²) >= 11 is 1.41. The van der Waals surface area contributed by atoms with E-state index in [9.17, 15) is 4.79 Å². The molecule has 0 aliphatic heterocycles. The number of nitrogens with zero attached hydrogens (tertiary/aromatic N) is 3. The molecule has 0 aliphatic rings. The summed E-state index contributed by atoms with van der Waals surface area (Å²) in [4.78, 5) is 23.1. The van der Waals surface area contributed by atoms with Crippen LogP contribution in [0, 0.1) is 0 Å². The fourth-order valence-corrected chi connectivity index (χ4v) is 2.78. The Kier molecular flexibility index (Phi) is 3.62. The van der Waals surface area contributed by atoms with Crippen molar-refractivity contribution in [1.82, 2.24) is 24.8 Å². The molecule has 0 spiro atoms. The molecule has 1 atom stereocenters. The second-order valence-corrected chi connectivity index (χ2v) is 5.61. The van der Waals surface area contributed by atoms with Crippen molar-refractivity contribution in [2.75, 3.05) is 0 Å². The molecule has 0 bridgehead atoms. The molecule has 0 saturated heterocycles. The molecule has 2 N–H and O–H groups in total. The van der Waals surface area contributed by atoms with Crippen LogP contribution in [0.5, 0.6) is 0 Å². The predicted octanol–water partition coefficient (Wildman–Crippen LogP) is 1.36. The number of thiophene rings is 1. The van der Waals surface area contributed by atoms with Gasteiger partial charge in [-0.1, -0.05) is 0 Å².